The first-order valence-electron chi connectivity index (χ1n) is 5.28. The number of nitrogen functional groups attached to an aromatic ring is 1. The summed E-state index contributed by atoms with van der Waals surface area (Å²) in [7, 11) is 0. The summed E-state index contributed by atoms with van der Waals surface area (Å²) in [6.07, 6.45) is 4.22. The fourth-order valence-corrected chi connectivity index (χ4v) is 2.45. The van der Waals surface area contributed by atoms with Crippen molar-refractivity contribution in [2.24, 2.45) is 0 Å². The van der Waals surface area contributed by atoms with Gasteiger partial charge in [0.15, 0.2) is 11.5 Å². The molecule has 0 atom stereocenters. The molecule has 0 amide bonds. The van der Waals surface area contributed by atoms with E-state index in [0.717, 1.165) is 18.6 Å². The smallest absolute Gasteiger partial charge is 0.165 e. The zero-order chi connectivity index (χ0) is 11.7. The van der Waals surface area contributed by atoms with Crippen LogP contribution in [0.4, 0.5) is 5.82 Å². The van der Waals surface area contributed by atoms with Gasteiger partial charge in [0.2, 0.25) is 0 Å². The number of hydrogen-bond acceptors (Lipinski definition) is 5. The fraction of sp³-hybridized carbons (Fsp3) is 0.182. The molecule has 0 aromatic carbocycles. The van der Waals surface area contributed by atoms with Crippen molar-refractivity contribution in [1.29, 1.82) is 0 Å². The van der Waals surface area contributed by atoms with Gasteiger partial charge in [-0.25, -0.2) is 15.0 Å². The van der Waals surface area contributed by atoms with Crippen LogP contribution in [0.3, 0.4) is 0 Å². The number of aryl methyl sites for hydroxylation is 2. The molecule has 0 aliphatic rings. The number of rotatable bonds is 3. The molecular weight excluding hydrogens is 234 g/mol. The van der Waals surface area contributed by atoms with E-state index in [9.17, 15) is 0 Å². The second-order valence-corrected chi connectivity index (χ2v) is 4.73. The van der Waals surface area contributed by atoms with E-state index in [0.29, 0.717) is 11.3 Å². The van der Waals surface area contributed by atoms with Gasteiger partial charge in [-0.2, -0.15) is 0 Å². The summed E-state index contributed by atoms with van der Waals surface area (Å²) in [5, 5.41) is 2.08. The molecule has 86 valence electrons. The lowest BCUT2D eigenvalue weighted by Crippen LogP contribution is -2.01. The highest BCUT2D eigenvalue weighted by Gasteiger charge is 2.07. The van der Waals surface area contributed by atoms with Gasteiger partial charge in [0, 0.05) is 11.4 Å². The summed E-state index contributed by atoms with van der Waals surface area (Å²) in [4.78, 5) is 13.7. The first-order chi connectivity index (χ1) is 8.34. The van der Waals surface area contributed by atoms with Crippen LogP contribution in [0.15, 0.2) is 30.2 Å². The van der Waals surface area contributed by atoms with Crippen LogP contribution in [0.2, 0.25) is 0 Å². The molecule has 0 spiro atoms. The Bertz CT molecular complexity index is 628. The minimum Gasteiger partial charge on any atom is -0.382 e. The van der Waals surface area contributed by atoms with Crippen molar-refractivity contribution >= 4 is 28.3 Å². The first-order valence-corrected chi connectivity index (χ1v) is 6.16. The van der Waals surface area contributed by atoms with Crippen molar-refractivity contribution in [1.82, 2.24) is 19.5 Å². The average Bonchev–Trinajstić information content (AvgIpc) is 2.95. The quantitative estimate of drug-likeness (QED) is 0.762. The maximum atomic E-state index is 5.74. The molecule has 0 bridgehead atoms. The lowest BCUT2D eigenvalue weighted by molar-refractivity contribution is 0.715. The highest BCUT2D eigenvalue weighted by atomic mass is 32.1. The third-order valence-corrected chi connectivity index (χ3v) is 3.54. The maximum Gasteiger partial charge on any atom is 0.165 e. The normalized spacial score (nSPS) is 11.1. The number of imidazole rings is 1. The minimum absolute atomic E-state index is 0.435. The molecule has 17 heavy (non-hydrogen) atoms. The number of anilines is 1. The van der Waals surface area contributed by atoms with Gasteiger partial charge in [-0.15, -0.1) is 11.3 Å². The molecule has 3 aromatic heterocycles. The van der Waals surface area contributed by atoms with Crippen LogP contribution >= 0.6 is 11.3 Å². The Balaban J connectivity index is 1.88. The zero-order valence-corrected chi connectivity index (χ0v) is 9.89. The third-order valence-electron chi connectivity index (χ3n) is 2.61. The molecule has 0 fully saturated rings. The van der Waals surface area contributed by atoms with E-state index in [1.165, 1.54) is 11.2 Å². The van der Waals surface area contributed by atoms with Gasteiger partial charge in [0.1, 0.15) is 11.8 Å². The molecule has 3 aromatic rings. The third kappa shape index (κ3) is 1.87. The molecule has 0 saturated heterocycles. The van der Waals surface area contributed by atoms with Crippen molar-refractivity contribution < 1.29 is 0 Å². The van der Waals surface area contributed by atoms with Crippen LogP contribution in [0.25, 0.3) is 11.2 Å². The Morgan fingerprint density at radius 3 is 3.06 bits per heavy atom. The first kappa shape index (κ1) is 10.2. The Kier molecular flexibility index (Phi) is 2.49. The summed E-state index contributed by atoms with van der Waals surface area (Å²) in [5.41, 5.74) is 7.21. The lowest BCUT2D eigenvalue weighted by atomic mass is 10.3. The van der Waals surface area contributed by atoms with Gasteiger partial charge in [0.05, 0.1) is 6.33 Å². The van der Waals surface area contributed by atoms with Crippen molar-refractivity contribution in [3.05, 3.63) is 35.0 Å². The van der Waals surface area contributed by atoms with E-state index in [2.05, 4.69) is 32.5 Å². The Labute approximate surface area is 102 Å². The predicted molar refractivity (Wildman–Crippen MR) is 67.8 cm³/mol. The van der Waals surface area contributed by atoms with Gasteiger partial charge in [-0.3, -0.25) is 0 Å². The second kappa shape index (κ2) is 4.14. The minimum atomic E-state index is 0.435. The van der Waals surface area contributed by atoms with E-state index >= 15 is 0 Å². The summed E-state index contributed by atoms with van der Waals surface area (Å²) >= 11 is 1.76. The van der Waals surface area contributed by atoms with Gasteiger partial charge in [-0.05, 0) is 17.9 Å². The number of aromatic nitrogens is 4. The molecule has 0 aliphatic heterocycles. The summed E-state index contributed by atoms with van der Waals surface area (Å²) in [5.74, 6) is 0.435. The molecule has 2 N–H and O–H groups in total. The predicted octanol–water partition coefficient (Wildman–Crippen LogP) is 1.71. The lowest BCUT2D eigenvalue weighted by Gasteiger charge is -2.01. The second-order valence-electron chi connectivity index (χ2n) is 3.70. The van der Waals surface area contributed by atoms with Gasteiger partial charge in [-0.1, -0.05) is 6.07 Å². The summed E-state index contributed by atoms with van der Waals surface area (Å²) in [6.45, 7) is 0.855. The molecule has 5 nitrogen and oxygen atoms in total. The standard InChI is InChI=1S/C11H11N5S/c12-10-9-11(14-6-13-10)16(7-15-9)4-3-8-2-1-5-17-8/h1-2,5-7H,3-4H2,(H2,12,13,14). The molecule has 3 heterocycles. The van der Waals surface area contributed by atoms with Crippen molar-refractivity contribution in [2.45, 2.75) is 13.0 Å². The van der Waals surface area contributed by atoms with Crippen LogP contribution in [-0.4, -0.2) is 19.5 Å². The van der Waals surface area contributed by atoms with Gasteiger partial charge < -0.3 is 10.3 Å². The van der Waals surface area contributed by atoms with Crippen LogP contribution in [0.5, 0.6) is 0 Å². The number of hydrogen-bond donors (Lipinski definition) is 1. The molecule has 3 rings (SSSR count). The number of thiophene rings is 1. The number of nitrogens with zero attached hydrogens (tertiary/aromatic N) is 4. The number of fused-ring (bicyclic) bond motifs is 1. The van der Waals surface area contributed by atoms with E-state index < -0.39 is 0 Å². The number of nitrogens with two attached hydrogens (primary N) is 1. The molecular formula is C11H11N5S. The SMILES string of the molecule is Nc1ncnc2c1ncn2CCc1cccs1. The van der Waals surface area contributed by atoms with Crippen molar-refractivity contribution in [3.8, 4) is 0 Å². The van der Waals surface area contributed by atoms with Crippen LogP contribution < -0.4 is 5.73 Å². The van der Waals surface area contributed by atoms with Crippen LogP contribution in [-0.2, 0) is 13.0 Å². The van der Waals surface area contributed by atoms with Crippen molar-refractivity contribution in [3.63, 3.8) is 0 Å². The molecule has 6 heteroatoms. The highest BCUT2D eigenvalue weighted by Crippen LogP contribution is 2.16. The molecule has 0 unspecified atom stereocenters. The highest BCUT2D eigenvalue weighted by molar-refractivity contribution is 7.09. The van der Waals surface area contributed by atoms with E-state index in [1.807, 2.05) is 4.57 Å². The largest absolute Gasteiger partial charge is 0.382 e. The molecule has 0 aliphatic carbocycles. The topological polar surface area (TPSA) is 69.6 Å². The van der Waals surface area contributed by atoms with Crippen molar-refractivity contribution in [2.75, 3.05) is 5.73 Å². The van der Waals surface area contributed by atoms with Gasteiger partial charge in [0.25, 0.3) is 0 Å². The Hall–Kier alpha value is -1.95. The molecule has 0 saturated carbocycles. The van der Waals surface area contributed by atoms with E-state index in [1.54, 1.807) is 17.7 Å². The summed E-state index contributed by atoms with van der Waals surface area (Å²) in [6, 6.07) is 4.19. The monoisotopic (exact) mass is 245 g/mol. The maximum absolute atomic E-state index is 5.74. The van der Waals surface area contributed by atoms with Crippen LogP contribution in [0, 0.1) is 0 Å². The molecule has 0 radical (unpaired) electrons. The van der Waals surface area contributed by atoms with E-state index in [-0.39, 0.29) is 0 Å². The van der Waals surface area contributed by atoms with Gasteiger partial charge >= 0.3 is 0 Å². The summed E-state index contributed by atoms with van der Waals surface area (Å²) < 4.78 is 2.01. The van der Waals surface area contributed by atoms with Crippen LogP contribution in [0.1, 0.15) is 4.88 Å². The Morgan fingerprint density at radius 1 is 1.29 bits per heavy atom. The Morgan fingerprint density at radius 2 is 2.24 bits per heavy atom. The van der Waals surface area contributed by atoms with E-state index in [4.69, 9.17) is 5.73 Å². The fourth-order valence-electron chi connectivity index (χ4n) is 1.75. The zero-order valence-electron chi connectivity index (χ0n) is 9.08. The average molecular weight is 245 g/mol.